The number of halogens is 1. The lowest BCUT2D eigenvalue weighted by molar-refractivity contribution is 0.102. The fourth-order valence-electron chi connectivity index (χ4n) is 2.04. The molecule has 0 aliphatic rings. The number of thiazole rings is 1. The molecule has 0 fully saturated rings. The molecule has 24 heavy (non-hydrogen) atoms. The van der Waals surface area contributed by atoms with Crippen LogP contribution in [0, 0.1) is 0 Å². The summed E-state index contributed by atoms with van der Waals surface area (Å²) in [5.41, 5.74) is 1.25. The van der Waals surface area contributed by atoms with Crippen LogP contribution in [0.1, 0.15) is 10.4 Å². The van der Waals surface area contributed by atoms with E-state index in [1.54, 1.807) is 25.3 Å². The third kappa shape index (κ3) is 3.53. The average molecular weight is 381 g/mol. The van der Waals surface area contributed by atoms with Gasteiger partial charge in [0, 0.05) is 10.9 Å². The van der Waals surface area contributed by atoms with Crippen molar-refractivity contribution >= 4 is 45.3 Å². The molecule has 1 amide bonds. The number of amides is 1. The average Bonchev–Trinajstić information content (AvgIpc) is 3.23. The van der Waals surface area contributed by atoms with E-state index in [4.69, 9.17) is 21.1 Å². The number of aromatic nitrogens is 1. The summed E-state index contributed by atoms with van der Waals surface area (Å²) in [6, 6.07) is 8.71. The Morgan fingerprint density at radius 1 is 1.17 bits per heavy atom. The van der Waals surface area contributed by atoms with Crippen molar-refractivity contribution in [1.82, 2.24) is 4.98 Å². The summed E-state index contributed by atoms with van der Waals surface area (Å²) >= 11 is 8.74. The van der Waals surface area contributed by atoms with E-state index in [2.05, 4.69) is 10.3 Å². The Morgan fingerprint density at radius 2 is 1.96 bits per heavy atom. The Balaban J connectivity index is 1.77. The minimum Gasteiger partial charge on any atom is -0.493 e. The van der Waals surface area contributed by atoms with Crippen LogP contribution in [-0.4, -0.2) is 25.1 Å². The third-order valence-corrected chi connectivity index (χ3v) is 5.21. The lowest BCUT2D eigenvalue weighted by Gasteiger charge is -2.09. The first-order valence-electron chi connectivity index (χ1n) is 6.85. The van der Waals surface area contributed by atoms with Crippen LogP contribution in [0.2, 0.25) is 4.34 Å². The first kappa shape index (κ1) is 16.8. The molecule has 1 aromatic carbocycles. The van der Waals surface area contributed by atoms with Gasteiger partial charge in [-0.1, -0.05) is 11.6 Å². The van der Waals surface area contributed by atoms with Crippen molar-refractivity contribution in [1.29, 1.82) is 0 Å². The molecule has 0 aliphatic heterocycles. The number of rotatable bonds is 5. The second-order valence-corrected chi connectivity index (χ2v) is 7.24. The van der Waals surface area contributed by atoms with Gasteiger partial charge >= 0.3 is 0 Å². The number of hydrogen-bond acceptors (Lipinski definition) is 6. The number of carbonyl (C=O) groups is 1. The predicted octanol–water partition coefficient (Wildman–Crippen LogP) is 4.79. The van der Waals surface area contributed by atoms with Crippen molar-refractivity contribution in [3.8, 4) is 22.1 Å². The van der Waals surface area contributed by atoms with Gasteiger partial charge in [-0.3, -0.25) is 10.1 Å². The molecule has 3 rings (SSSR count). The van der Waals surface area contributed by atoms with Crippen LogP contribution >= 0.6 is 34.3 Å². The summed E-state index contributed by atoms with van der Waals surface area (Å²) in [7, 11) is 3.07. The molecule has 0 radical (unpaired) electrons. The molecule has 5 nitrogen and oxygen atoms in total. The maximum absolute atomic E-state index is 12.4. The molecular weight excluding hydrogens is 368 g/mol. The largest absolute Gasteiger partial charge is 0.493 e. The van der Waals surface area contributed by atoms with Crippen LogP contribution in [0.3, 0.4) is 0 Å². The van der Waals surface area contributed by atoms with Gasteiger partial charge in [0.15, 0.2) is 16.6 Å². The number of nitrogens with zero attached hydrogens (tertiary/aromatic N) is 1. The Morgan fingerprint density at radius 3 is 2.62 bits per heavy atom. The van der Waals surface area contributed by atoms with Gasteiger partial charge in [0.1, 0.15) is 0 Å². The third-order valence-electron chi connectivity index (χ3n) is 3.20. The summed E-state index contributed by atoms with van der Waals surface area (Å²) in [6.45, 7) is 0. The summed E-state index contributed by atoms with van der Waals surface area (Å²) in [4.78, 5) is 17.8. The predicted molar refractivity (Wildman–Crippen MR) is 97.9 cm³/mol. The zero-order chi connectivity index (χ0) is 17.1. The van der Waals surface area contributed by atoms with Crippen molar-refractivity contribution in [2.45, 2.75) is 0 Å². The quantitative estimate of drug-likeness (QED) is 0.691. The van der Waals surface area contributed by atoms with E-state index in [0.29, 0.717) is 26.5 Å². The van der Waals surface area contributed by atoms with E-state index in [0.717, 1.165) is 10.6 Å². The van der Waals surface area contributed by atoms with Gasteiger partial charge in [-0.2, -0.15) is 0 Å². The summed E-state index contributed by atoms with van der Waals surface area (Å²) in [5, 5.41) is 5.19. The molecule has 8 heteroatoms. The number of nitrogens with one attached hydrogen (secondary N) is 1. The van der Waals surface area contributed by atoms with Gasteiger partial charge in [0.05, 0.1) is 29.1 Å². The summed E-state index contributed by atoms with van der Waals surface area (Å²) in [6.07, 6.45) is 0. The number of thiophene rings is 1. The molecule has 1 N–H and O–H groups in total. The molecule has 2 heterocycles. The van der Waals surface area contributed by atoms with E-state index in [1.807, 2.05) is 17.5 Å². The molecule has 124 valence electrons. The van der Waals surface area contributed by atoms with E-state index in [-0.39, 0.29) is 5.91 Å². The first-order chi connectivity index (χ1) is 11.6. The van der Waals surface area contributed by atoms with Crippen LogP contribution in [0.25, 0.3) is 10.6 Å². The maximum atomic E-state index is 12.4. The zero-order valence-electron chi connectivity index (χ0n) is 12.8. The molecule has 0 unspecified atom stereocenters. The lowest BCUT2D eigenvalue weighted by Crippen LogP contribution is -2.11. The van der Waals surface area contributed by atoms with Gasteiger partial charge in [0.2, 0.25) is 0 Å². The molecule has 2 aromatic heterocycles. The Hall–Kier alpha value is -2.09. The van der Waals surface area contributed by atoms with Gasteiger partial charge in [-0.15, -0.1) is 22.7 Å². The van der Waals surface area contributed by atoms with Crippen molar-refractivity contribution in [3.63, 3.8) is 0 Å². The van der Waals surface area contributed by atoms with Gasteiger partial charge in [-0.05, 0) is 30.3 Å². The molecule has 0 spiro atoms. The zero-order valence-corrected chi connectivity index (χ0v) is 15.2. The minimum absolute atomic E-state index is 0.263. The Labute approximate surface area is 151 Å². The summed E-state index contributed by atoms with van der Waals surface area (Å²) in [5.74, 6) is 0.805. The topological polar surface area (TPSA) is 60.5 Å². The van der Waals surface area contributed by atoms with E-state index in [1.165, 1.54) is 29.8 Å². The smallest absolute Gasteiger partial charge is 0.257 e. The molecule has 3 aromatic rings. The van der Waals surface area contributed by atoms with Crippen molar-refractivity contribution in [2.75, 3.05) is 19.5 Å². The fraction of sp³-hybridized carbons (Fsp3) is 0.125. The Bertz CT molecular complexity index is 876. The van der Waals surface area contributed by atoms with Crippen LogP contribution in [0.5, 0.6) is 11.5 Å². The SMILES string of the molecule is COc1ccc(C(=O)Nc2nc(-c3ccc(Cl)s3)cs2)cc1OC. The molecule has 0 atom stereocenters. The monoisotopic (exact) mass is 380 g/mol. The number of hydrogen-bond donors (Lipinski definition) is 1. The molecule has 0 bridgehead atoms. The van der Waals surface area contributed by atoms with E-state index >= 15 is 0 Å². The normalized spacial score (nSPS) is 10.5. The second-order valence-electron chi connectivity index (χ2n) is 4.67. The molecule has 0 saturated heterocycles. The van der Waals surface area contributed by atoms with Crippen LogP contribution in [-0.2, 0) is 0 Å². The van der Waals surface area contributed by atoms with Crippen LogP contribution in [0.15, 0.2) is 35.7 Å². The second kappa shape index (κ2) is 7.21. The van der Waals surface area contributed by atoms with Crippen molar-refractivity contribution in [3.05, 3.63) is 45.6 Å². The standard InChI is InChI=1S/C16H13ClN2O3S2/c1-21-11-4-3-9(7-12(11)22-2)15(20)19-16-18-10(8-23-16)13-5-6-14(17)24-13/h3-8H,1-2H3,(H,18,19,20). The van der Waals surface area contributed by atoms with Crippen LogP contribution in [0.4, 0.5) is 5.13 Å². The van der Waals surface area contributed by atoms with Crippen molar-refractivity contribution < 1.29 is 14.3 Å². The highest BCUT2D eigenvalue weighted by atomic mass is 35.5. The molecular formula is C16H13ClN2O3S2. The highest BCUT2D eigenvalue weighted by molar-refractivity contribution is 7.20. The molecule has 0 aliphatic carbocycles. The highest BCUT2D eigenvalue weighted by Gasteiger charge is 2.13. The van der Waals surface area contributed by atoms with Gasteiger partial charge in [-0.25, -0.2) is 4.98 Å². The first-order valence-corrected chi connectivity index (χ1v) is 8.92. The van der Waals surface area contributed by atoms with E-state index in [9.17, 15) is 4.79 Å². The lowest BCUT2D eigenvalue weighted by atomic mass is 10.2. The number of ether oxygens (including phenoxy) is 2. The summed E-state index contributed by atoms with van der Waals surface area (Å²) < 4.78 is 11.1. The number of carbonyl (C=O) groups excluding carboxylic acids is 1. The fourth-order valence-corrected chi connectivity index (χ4v) is 3.83. The number of anilines is 1. The molecule has 0 saturated carbocycles. The van der Waals surface area contributed by atoms with Crippen LogP contribution < -0.4 is 14.8 Å². The maximum Gasteiger partial charge on any atom is 0.257 e. The van der Waals surface area contributed by atoms with Gasteiger partial charge < -0.3 is 9.47 Å². The van der Waals surface area contributed by atoms with Gasteiger partial charge in [0.25, 0.3) is 5.91 Å². The highest BCUT2D eigenvalue weighted by Crippen LogP contribution is 2.33. The Kier molecular flexibility index (Phi) is 5.03. The van der Waals surface area contributed by atoms with Crippen molar-refractivity contribution in [2.24, 2.45) is 0 Å². The minimum atomic E-state index is -0.263. The number of methoxy groups -OCH3 is 2. The number of benzene rings is 1. The van der Waals surface area contributed by atoms with E-state index < -0.39 is 0 Å².